The Labute approximate surface area is 141 Å². The van der Waals surface area contributed by atoms with E-state index in [1.165, 1.54) is 17.6 Å². The van der Waals surface area contributed by atoms with Gasteiger partial charge in [0.05, 0.1) is 5.71 Å². The molecule has 23 heavy (non-hydrogen) atoms. The minimum atomic E-state index is 0.534. The van der Waals surface area contributed by atoms with Crippen molar-refractivity contribution in [2.45, 2.75) is 59.0 Å². The number of nitrogens with zero attached hydrogens (tertiary/aromatic N) is 2. The van der Waals surface area contributed by atoms with Gasteiger partial charge in [-0.1, -0.05) is 35.5 Å². The van der Waals surface area contributed by atoms with Crippen LogP contribution in [0.3, 0.4) is 0 Å². The second-order valence-corrected chi connectivity index (χ2v) is 6.73. The fraction of sp³-hybridized carbons (Fsp3) is 0.550. The third kappa shape index (κ3) is 5.51. The topological polar surface area (TPSA) is 24.8 Å². The van der Waals surface area contributed by atoms with Crippen LogP contribution in [0.25, 0.3) is 6.08 Å². The van der Waals surface area contributed by atoms with Gasteiger partial charge in [-0.2, -0.15) is 0 Å². The SMILES string of the molecule is CC(C)N(CCON=C1CCCC1=Cc1ccccc1)C(C)C. The van der Waals surface area contributed by atoms with E-state index in [2.05, 4.69) is 68.1 Å². The van der Waals surface area contributed by atoms with Crippen molar-refractivity contribution in [1.82, 2.24) is 4.90 Å². The molecule has 1 aliphatic carbocycles. The van der Waals surface area contributed by atoms with Gasteiger partial charge in [0.1, 0.15) is 6.61 Å². The third-order valence-electron chi connectivity index (χ3n) is 4.31. The van der Waals surface area contributed by atoms with Gasteiger partial charge < -0.3 is 4.84 Å². The van der Waals surface area contributed by atoms with Crippen molar-refractivity contribution in [1.29, 1.82) is 0 Å². The monoisotopic (exact) mass is 314 g/mol. The van der Waals surface area contributed by atoms with Crippen molar-refractivity contribution in [3.8, 4) is 0 Å². The molecule has 1 aliphatic rings. The van der Waals surface area contributed by atoms with Gasteiger partial charge >= 0.3 is 0 Å². The highest BCUT2D eigenvalue weighted by atomic mass is 16.6. The molecule has 1 fully saturated rings. The molecule has 0 spiro atoms. The van der Waals surface area contributed by atoms with Gasteiger partial charge in [-0.3, -0.25) is 4.90 Å². The van der Waals surface area contributed by atoms with Crippen molar-refractivity contribution in [3.05, 3.63) is 41.5 Å². The molecule has 1 aromatic rings. The van der Waals surface area contributed by atoms with Crippen LogP contribution in [0.1, 0.15) is 52.5 Å². The first-order chi connectivity index (χ1) is 11.1. The van der Waals surface area contributed by atoms with Gasteiger partial charge in [0.25, 0.3) is 0 Å². The van der Waals surface area contributed by atoms with Gasteiger partial charge in [0.2, 0.25) is 0 Å². The van der Waals surface area contributed by atoms with Crippen LogP contribution in [-0.2, 0) is 4.84 Å². The molecule has 3 heteroatoms. The fourth-order valence-electron chi connectivity index (χ4n) is 3.14. The molecular weight excluding hydrogens is 284 g/mol. The summed E-state index contributed by atoms with van der Waals surface area (Å²) in [6.07, 6.45) is 5.53. The molecule has 126 valence electrons. The zero-order chi connectivity index (χ0) is 16.7. The summed E-state index contributed by atoms with van der Waals surface area (Å²) < 4.78 is 0. The molecule has 0 atom stereocenters. The zero-order valence-corrected chi connectivity index (χ0v) is 15.0. The van der Waals surface area contributed by atoms with Crippen LogP contribution in [0.2, 0.25) is 0 Å². The summed E-state index contributed by atoms with van der Waals surface area (Å²) in [6.45, 7) is 10.5. The van der Waals surface area contributed by atoms with Crippen LogP contribution in [-0.4, -0.2) is 35.8 Å². The minimum absolute atomic E-state index is 0.534. The Kier molecular flexibility index (Phi) is 6.85. The maximum absolute atomic E-state index is 5.62. The van der Waals surface area contributed by atoms with E-state index in [1.54, 1.807) is 0 Å². The van der Waals surface area contributed by atoms with E-state index in [4.69, 9.17) is 4.84 Å². The summed E-state index contributed by atoms with van der Waals surface area (Å²) in [7, 11) is 0. The Balaban J connectivity index is 1.90. The van der Waals surface area contributed by atoms with Crippen LogP contribution >= 0.6 is 0 Å². The quantitative estimate of drug-likeness (QED) is 0.536. The largest absolute Gasteiger partial charge is 0.394 e. The van der Waals surface area contributed by atoms with E-state index in [-0.39, 0.29) is 0 Å². The van der Waals surface area contributed by atoms with E-state index in [1.807, 2.05) is 6.07 Å². The predicted molar refractivity (Wildman–Crippen MR) is 98.6 cm³/mol. The average Bonchev–Trinajstić information content (AvgIpc) is 2.94. The number of hydrogen-bond donors (Lipinski definition) is 0. The van der Waals surface area contributed by atoms with Crippen molar-refractivity contribution in [2.75, 3.05) is 13.2 Å². The second-order valence-electron chi connectivity index (χ2n) is 6.73. The Hall–Kier alpha value is -1.61. The highest BCUT2D eigenvalue weighted by Crippen LogP contribution is 2.24. The Bertz CT molecular complexity index is 524. The summed E-state index contributed by atoms with van der Waals surface area (Å²) in [4.78, 5) is 8.05. The maximum Gasteiger partial charge on any atom is 0.129 e. The number of allylic oxidation sites excluding steroid dienone is 1. The molecule has 0 bridgehead atoms. The molecule has 0 radical (unpaired) electrons. The molecule has 2 rings (SSSR count). The smallest absolute Gasteiger partial charge is 0.129 e. The summed E-state index contributed by atoms with van der Waals surface area (Å²) >= 11 is 0. The molecule has 0 aromatic heterocycles. The highest BCUT2D eigenvalue weighted by molar-refractivity contribution is 6.05. The van der Waals surface area contributed by atoms with Crippen molar-refractivity contribution in [2.24, 2.45) is 5.16 Å². The second kappa shape index (κ2) is 8.88. The summed E-state index contributed by atoms with van der Waals surface area (Å²) in [5.41, 5.74) is 3.68. The minimum Gasteiger partial charge on any atom is -0.394 e. The van der Waals surface area contributed by atoms with E-state index < -0.39 is 0 Å². The first-order valence-corrected chi connectivity index (χ1v) is 8.78. The standard InChI is InChI=1S/C20H30N2O/c1-16(2)22(17(3)4)13-14-23-21-20-12-8-11-19(20)15-18-9-6-5-7-10-18/h5-7,9-10,15-17H,8,11-14H2,1-4H3. The third-order valence-corrected chi connectivity index (χ3v) is 4.31. The molecule has 0 N–H and O–H groups in total. The van der Waals surface area contributed by atoms with E-state index in [9.17, 15) is 0 Å². The lowest BCUT2D eigenvalue weighted by atomic mass is 10.1. The van der Waals surface area contributed by atoms with Gasteiger partial charge in [0.15, 0.2) is 0 Å². The highest BCUT2D eigenvalue weighted by Gasteiger charge is 2.16. The lowest BCUT2D eigenvalue weighted by Crippen LogP contribution is -2.39. The molecule has 0 amide bonds. The van der Waals surface area contributed by atoms with Crippen molar-refractivity contribution < 1.29 is 4.84 Å². The zero-order valence-electron chi connectivity index (χ0n) is 15.0. The Morgan fingerprint density at radius 2 is 1.78 bits per heavy atom. The lowest BCUT2D eigenvalue weighted by molar-refractivity contribution is 0.0827. The van der Waals surface area contributed by atoms with Gasteiger partial charge in [0, 0.05) is 18.6 Å². The summed E-state index contributed by atoms with van der Waals surface area (Å²) in [6, 6.07) is 11.5. The molecular formula is C20H30N2O. The number of rotatable bonds is 7. The van der Waals surface area contributed by atoms with Gasteiger partial charge in [-0.05, 0) is 64.2 Å². The van der Waals surface area contributed by atoms with Gasteiger partial charge in [-0.25, -0.2) is 0 Å². The Morgan fingerprint density at radius 3 is 2.43 bits per heavy atom. The molecule has 0 aliphatic heterocycles. The molecule has 0 saturated heterocycles. The molecule has 1 saturated carbocycles. The average molecular weight is 314 g/mol. The fourth-order valence-corrected chi connectivity index (χ4v) is 3.14. The predicted octanol–water partition coefficient (Wildman–Crippen LogP) is 4.75. The lowest BCUT2D eigenvalue weighted by Gasteiger charge is -2.29. The summed E-state index contributed by atoms with van der Waals surface area (Å²) in [5.74, 6) is 0. The van der Waals surface area contributed by atoms with Crippen molar-refractivity contribution >= 4 is 11.8 Å². The number of benzene rings is 1. The van der Waals surface area contributed by atoms with E-state index in [0.717, 1.165) is 25.1 Å². The van der Waals surface area contributed by atoms with Crippen LogP contribution < -0.4 is 0 Å². The van der Waals surface area contributed by atoms with E-state index in [0.29, 0.717) is 18.7 Å². The first-order valence-electron chi connectivity index (χ1n) is 8.78. The number of oxime groups is 1. The van der Waals surface area contributed by atoms with Crippen LogP contribution in [0, 0.1) is 0 Å². The summed E-state index contributed by atoms with van der Waals surface area (Å²) in [5, 5.41) is 4.41. The first kappa shape index (κ1) is 17.7. The normalized spacial score (nSPS) is 18.7. The molecule has 3 nitrogen and oxygen atoms in total. The van der Waals surface area contributed by atoms with Crippen LogP contribution in [0.5, 0.6) is 0 Å². The van der Waals surface area contributed by atoms with Crippen LogP contribution in [0.4, 0.5) is 0 Å². The Morgan fingerprint density at radius 1 is 1.09 bits per heavy atom. The molecule has 0 heterocycles. The molecule has 0 unspecified atom stereocenters. The molecule has 1 aromatic carbocycles. The van der Waals surface area contributed by atoms with Crippen molar-refractivity contribution in [3.63, 3.8) is 0 Å². The maximum atomic E-state index is 5.62. The van der Waals surface area contributed by atoms with Crippen LogP contribution in [0.15, 0.2) is 41.1 Å². The van der Waals surface area contributed by atoms with E-state index >= 15 is 0 Å². The number of hydrogen-bond acceptors (Lipinski definition) is 3. The van der Waals surface area contributed by atoms with Gasteiger partial charge in [-0.15, -0.1) is 0 Å².